The molecule has 3 nitrogen and oxygen atoms in total. The Kier molecular flexibility index (Phi) is 5.27. The quantitative estimate of drug-likeness (QED) is 0.783. The van der Waals surface area contributed by atoms with Gasteiger partial charge >= 0.3 is 0 Å². The SMILES string of the molecule is CCOC(=S)SC(C)(C)C1CCC(=O)N1c1ccccc1. The molecule has 1 fully saturated rings. The highest BCUT2D eigenvalue weighted by Crippen LogP contribution is 2.40. The number of thioether (sulfide) groups is 1. The fourth-order valence-electron chi connectivity index (χ4n) is 2.68. The van der Waals surface area contributed by atoms with Crippen molar-refractivity contribution in [2.24, 2.45) is 0 Å². The summed E-state index contributed by atoms with van der Waals surface area (Å²) in [7, 11) is 0. The molecule has 0 spiro atoms. The number of rotatable bonds is 4. The van der Waals surface area contributed by atoms with Crippen LogP contribution < -0.4 is 4.90 Å². The van der Waals surface area contributed by atoms with E-state index in [0.717, 1.165) is 12.1 Å². The average Bonchev–Trinajstić information content (AvgIpc) is 2.82. The van der Waals surface area contributed by atoms with Gasteiger partial charge in [0.15, 0.2) is 0 Å². The van der Waals surface area contributed by atoms with Crippen molar-refractivity contribution < 1.29 is 9.53 Å². The van der Waals surface area contributed by atoms with E-state index < -0.39 is 0 Å². The maximum Gasteiger partial charge on any atom is 0.227 e. The van der Waals surface area contributed by atoms with Crippen LogP contribution in [0.2, 0.25) is 0 Å². The molecule has 0 bridgehead atoms. The summed E-state index contributed by atoms with van der Waals surface area (Å²) < 4.78 is 5.76. The number of carbonyl (C=O) groups excluding carboxylic acids is 1. The molecule has 1 aromatic carbocycles. The van der Waals surface area contributed by atoms with Crippen molar-refractivity contribution in [2.75, 3.05) is 11.5 Å². The minimum absolute atomic E-state index is 0.121. The summed E-state index contributed by atoms with van der Waals surface area (Å²) in [6.07, 6.45) is 1.44. The van der Waals surface area contributed by atoms with Crippen LogP contribution in [-0.4, -0.2) is 27.7 Å². The standard InChI is InChI=1S/C16H21NO2S2/c1-4-19-15(20)21-16(2,3)13-10-11-14(18)17(13)12-8-6-5-7-9-12/h5-9,13H,4,10-11H2,1-3H3. The molecule has 1 heterocycles. The molecular formula is C16H21NO2S2. The number of hydrogen-bond acceptors (Lipinski definition) is 4. The lowest BCUT2D eigenvalue weighted by Crippen LogP contribution is -2.46. The minimum Gasteiger partial charge on any atom is -0.479 e. The number of hydrogen-bond donors (Lipinski definition) is 0. The van der Waals surface area contributed by atoms with E-state index in [4.69, 9.17) is 17.0 Å². The van der Waals surface area contributed by atoms with Gasteiger partial charge in [-0.15, -0.1) is 0 Å². The Hall–Kier alpha value is -1.07. The third kappa shape index (κ3) is 3.77. The smallest absolute Gasteiger partial charge is 0.227 e. The summed E-state index contributed by atoms with van der Waals surface area (Å²) >= 11 is 6.80. The lowest BCUT2D eigenvalue weighted by Gasteiger charge is -2.37. The largest absolute Gasteiger partial charge is 0.479 e. The van der Waals surface area contributed by atoms with Gasteiger partial charge in [0.25, 0.3) is 0 Å². The molecule has 1 aromatic rings. The van der Waals surface area contributed by atoms with Crippen LogP contribution in [0.1, 0.15) is 33.6 Å². The van der Waals surface area contributed by atoms with Crippen molar-refractivity contribution in [1.29, 1.82) is 0 Å². The molecule has 1 amide bonds. The summed E-state index contributed by atoms with van der Waals surface area (Å²) in [5.74, 6) is 0.183. The maximum atomic E-state index is 12.3. The maximum absolute atomic E-state index is 12.3. The van der Waals surface area contributed by atoms with E-state index in [1.807, 2.05) is 42.2 Å². The van der Waals surface area contributed by atoms with Gasteiger partial charge in [-0.2, -0.15) is 0 Å². The van der Waals surface area contributed by atoms with Gasteiger partial charge in [0, 0.05) is 16.9 Å². The second-order valence-electron chi connectivity index (χ2n) is 5.54. The molecule has 114 valence electrons. The Labute approximate surface area is 136 Å². The fourth-order valence-corrected chi connectivity index (χ4v) is 4.41. The molecule has 0 aliphatic carbocycles. The minimum atomic E-state index is -0.186. The van der Waals surface area contributed by atoms with Crippen molar-refractivity contribution in [3.05, 3.63) is 30.3 Å². The number of ether oxygens (including phenoxy) is 1. The van der Waals surface area contributed by atoms with Crippen LogP contribution in [0.4, 0.5) is 5.69 Å². The lowest BCUT2D eigenvalue weighted by atomic mass is 10.0. The van der Waals surface area contributed by atoms with Crippen molar-refractivity contribution in [2.45, 2.75) is 44.4 Å². The summed E-state index contributed by atoms with van der Waals surface area (Å²) in [6.45, 7) is 6.76. The summed E-state index contributed by atoms with van der Waals surface area (Å²) in [5, 5.41) is 0. The van der Waals surface area contributed by atoms with Crippen LogP contribution in [-0.2, 0) is 9.53 Å². The molecule has 1 aliphatic heterocycles. The Balaban J connectivity index is 2.21. The van der Waals surface area contributed by atoms with Gasteiger partial charge in [-0.05, 0) is 51.5 Å². The van der Waals surface area contributed by atoms with Gasteiger partial charge in [-0.1, -0.05) is 30.0 Å². The Morgan fingerprint density at radius 3 is 2.71 bits per heavy atom. The molecule has 1 atom stereocenters. The number of amides is 1. The van der Waals surface area contributed by atoms with Gasteiger partial charge in [-0.3, -0.25) is 4.79 Å². The molecule has 1 unspecified atom stereocenters. The van der Waals surface area contributed by atoms with Gasteiger partial charge in [0.05, 0.1) is 12.6 Å². The van der Waals surface area contributed by atoms with Crippen LogP contribution in [0.15, 0.2) is 30.3 Å². The fraction of sp³-hybridized carbons (Fsp3) is 0.500. The number of para-hydroxylation sites is 1. The van der Waals surface area contributed by atoms with Crippen molar-refractivity contribution in [3.63, 3.8) is 0 Å². The van der Waals surface area contributed by atoms with Gasteiger partial charge in [-0.25, -0.2) is 0 Å². The molecule has 0 aromatic heterocycles. The molecule has 0 saturated carbocycles. The number of benzene rings is 1. The number of carbonyl (C=O) groups is 1. The van der Waals surface area contributed by atoms with Crippen molar-refractivity contribution in [1.82, 2.24) is 0 Å². The normalized spacial score (nSPS) is 18.9. The third-order valence-corrected chi connectivity index (χ3v) is 5.11. The molecule has 0 radical (unpaired) electrons. The first-order valence-electron chi connectivity index (χ1n) is 7.18. The van der Waals surface area contributed by atoms with E-state index in [1.165, 1.54) is 11.8 Å². The highest BCUT2D eigenvalue weighted by atomic mass is 32.2. The molecule has 1 saturated heterocycles. The number of nitrogens with zero attached hydrogens (tertiary/aromatic N) is 1. The number of anilines is 1. The van der Waals surface area contributed by atoms with E-state index in [9.17, 15) is 4.79 Å². The summed E-state index contributed by atoms with van der Waals surface area (Å²) in [4.78, 5) is 14.2. The van der Waals surface area contributed by atoms with Crippen LogP contribution in [0.5, 0.6) is 0 Å². The highest BCUT2D eigenvalue weighted by molar-refractivity contribution is 8.23. The van der Waals surface area contributed by atoms with Crippen LogP contribution >= 0.6 is 24.0 Å². The predicted molar refractivity (Wildman–Crippen MR) is 92.8 cm³/mol. The Morgan fingerprint density at radius 1 is 1.43 bits per heavy atom. The highest BCUT2D eigenvalue weighted by Gasteiger charge is 2.43. The molecule has 21 heavy (non-hydrogen) atoms. The van der Waals surface area contributed by atoms with E-state index in [-0.39, 0.29) is 16.7 Å². The molecule has 0 N–H and O–H groups in total. The first kappa shape index (κ1) is 16.3. The summed E-state index contributed by atoms with van der Waals surface area (Å²) in [5.41, 5.74) is 0.959. The first-order valence-corrected chi connectivity index (χ1v) is 8.41. The number of thiocarbonyl (C=S) groups is 1. The second-order valence-corrected chi connectivity index (χ2v) is 7.80. The van der Waals surface area contributed by atoms with Crippen LogP contribution in [0.25, 0.3) is 0 Å². The lowest BCUT2D eigenvalue weighted by molar-refractivity contribution is -0.117. The Morgan fingerprint density at radius 2 is 2.10 bits per heavy atom. The molecule has 1 aliphatic rings. The zero-order valence-electron chi connectivity index (χ0n) is 12.7. The van der Waals surface area contributed by atoms with Gasteiger partial charge in [0.2, 0.25) is 10.3 Å². The van der Waals surface area contributed by atoms with E-state index >= 15 is 0 Å². The topological polar surface area (TPSA) is 29.5 Å². The van der Waals surface area contributed by atoms with Crippen LogP contribution in [0, 0.1) is 0 Å². The van der Waals surface area contributed by atoms with Gasteiger partial charge < -0.3 is 9.64 Å². The van der Waals surface area contributed by atoms with Crippen molar-refractivity contribution >= 4 is 40.0 Å². The van der Waals surface area contributed by atoms with Crippen LogP contribution in [0.3, 0.4) is 0 Å². The van der Waals surface area contributed by atoms with E-state index in [0.29, 0.717) is 17.4 Å². The molecular weight excluding hydrogens is 302 g/mol. The predicted octanol–water partition coefficient (Wildman–Crippen LogP) is 4.02. The van der Waals surface area contributed by atoms with Crippen molar-refractivity contribution in [3.8, 4) is 0 Å². The van der Waals surface area contributed by atoms with E-state index in [2.05, 4.69) is 13.8 Å². The monoisotopic (exact) mass is 323 g/mol. The zero-order valence-corrected chi connectivity index (χ0v) is 14.3. The summed E-state index contributed by atoms with van der Waals surface area (Å²) in [6, 6.07) is 9.97. The third-order valence-electron chi connectivity index (χ3n) is 3.66. The molecule has 5 heteroatoms. The molecule has 2 rings (SSSR count). The zero-order chi connectivity index (χ0) is 15.5. The average molecular weight is 323 g/mol. The second kappa shape index (κ2) is 6.79. The first-order chi connectivity index (χ1) is 9.95. The Bertz CT molecular complexity index is 516. The van der Waals surface area contributed by atoms with Gasteiger partial charge in [0.1, 0.15) is 0 Å². The van der Waals surface area contributed by atoms with E-state index in [1.54, 1.807) is 0 Å².